The van der Waals surface area contributed by atoms with Crippen LogP contribution in [0, 0.1) is 6.92 Å². The van der Waals surface area contributed by atoms with Gasteiger partial charge in [0, 0.05) is 40.1 Å². The molecule has 1 aromatic rings. The fourth-order valence-corrected chi connectivity index (χ4v) is 3.33. The molecule has 1 aliphatic rings. The van der Waals surface area contributed by atoms with E-state index < -0.39 is 10.8 Å². The van der Waals surface area contributed by atoms with E-state index in [2.05, 4.69) is 15.3 Å². The van der Waals surface area contributed by atoms with Crippen LogP contribution in [-0.4, -0.2) is 37.8 Å². The number of hydrogen-bond donors (Lipinski definition) is 1. The molecule has 5 nitrogen and oxygen atoms in total. The molecule has 0 amide bonds. The number of hydrogen-bond acceptors (Lipinski definition) is 5. The Morgan fingerprint density at radius 3 is 2.68 bits per heavy atom. The van der Waals surface area contributed by atoms with Gasteiger partial charge in [0.05, 0.1) is 6.10 Å². The van der Waals surface area contributed by atoms with Crippen molar-refractivity contribution in [2.45, 2.75) is 45.8 Å². The largest absolute Gasteiger partial charge is 0.475 e. The molecule has 0 aromatic carbocycles. The number of aryl methyl sites for hydroxylation is 1. The average molecular weight is 283 g/mol. The number of aromatic nitrogens is 2. The van der Waals surface area contributed by atoms with E-state index in [1.54, 1.807) is 0 Å². The van der Waals surface area contributed by atoms with Crippen LogP contribution in [0.25, 0.3) is 0 Å². The maximum absolute atomic E-state index is 11.3. The summed E-state index contributed by atoms with van der Waals surface area (Å²) in [5.41, 5.74) is 0.882. The quantitative estimate of drug-likeness (QED) is 0.914. The lowest BCUT2D eigenvalue weighted by Crippen LogP contribution is -2.30. The fraction of sp³-hybridized carbons (Fsp3) is 0.692. The van der Waals surface area contributed by atoms with Crippen LogP contribution in [-0.2, 0) is 10.8 Å². The molecule has 1 saturated heterocycles. The zero-order valence-electron chi connectivity index (χ0n) is 11.7. The molecule has 1 aromatic heterocycles. The number of nitrogens with zero attached hydrogens (tertiary/aromatic N) is 2. The Morgan fingerprint density at radius 2 is 2.05 bits per heavy atom. The molecule has 1 fully saturated rings. The van der Waals surface area contributed by atoms with Gasteiger partial charge in [-0.05, 0) is 33.6 Å². The molecule has 0 spiro atoms. The van der Waals surface area contributed by atoms with Crippen molar-refractivity contribution >= 4 is 16.7 Å². The van der Waals surface area contributed by atoms with Crippen LogP contribution in [0.3, 0.4) is 0 Å². The minimum atomic E-state index is -0.641. The lowest BCUT2D eigenvalue weighted by Gasteiger charge is -2.22. The third-order valence-electron chi connectivity index (χ3n) is 2.91. The van der Waals surface area contributed by atoms with Gasteiger partial charge >= 0.3 is 0 Å². The van der Waals surface area contributed by atoms with Gasteiger partial charge in [0.25, 0.3) is 0 Å². The number of ether oxygens (including phenoxy) is 1. The van der Waals surface area contributed by atoms with E-state index in [0.29, 0.717) is 17.9 Å². The van der Waals surface area contributed by atoms with Crippen LogP contribution in [0.5, 0.6) is 5.88 Å². The molecule has 2 rings (SSSR count). The SMILES string of the molecule is Cc1cc(OC(C)C)nc(NC2CCS(=O)CC2)n1. The first-order valence-corrected chi connectivity index (χ1v) is 8.15. The molecule has 1 N–H and O–H groups in total. The standard InChI is InChI=1S/C13H21N3O2S/c1-9(2)18-12-8-10(3)14-13(16-12)15-11-4-6-19(17)7-5-11/h8-9,11H,4-7H2,1-3H3,(H,14,15,16). The fourth-order valence-electron chi connectivity index (χ4n) is 2.03. The minimum Gasteiger partial charge on any atom is -0.475 e. The second kappa shape index (κ2) is 6.32. The van der Waals surface area contributed by atoms with E-state index in [-0.39, 0.29) is 6.10 Å². The predicted octanol–water partition coefficient (Wildman–Crippen LogP) is 1.90. The van der Waals surface area contributed by atoms with Gasteiger partial charge in [-0.2, -0.15) is 4.98 Å². The van der Waals surface area contributed by atoms with E-state index in [1.165, 1.54) is 0 Å². The summed E-state index contributed by atoms with van der Waals surface area (Å²) >= 11 is 0. The summed E-state index contributed by atoms with van der Waals surface area (Å²) in [6.45, 7) is 5.87. The third kappa shape index (κ3) is 4.45. The Hall–Kier alpha value is -1.17. The van der Waals surface area contributed by atoms with Crippen LogP contribution in [0.15, 0.2) is 6.07 Å². The van der Waals surface area contributed by atoms with E-state index in [9.17, 15) is 4.21 Å². The van der Waals surface area contributed by atoms with Crippen LogP contribution in [0.1, 0.15) is 32.4 Å². The summed E-state index contributed by atoms with van der Waals surface area (Å²) in [6, 6.07) is 2.15. The topological polar surface area (TPSA) is 64.1 Å². The van der Waals surface area contributed by atoms with Crippen molar-refractivity contribution in [1.82, 2.24) is 9.97 Å². The van der Waals surface area contributed by atoms with Gasteiger partial charge in [-0.1, -0.05) is 0 Å². The summed E-state index contributed by atoms with van der Waals surface area (Å²) in [6.07, 6.45) is 1.91. The zero-order valence-corrected chi connectivity index (χ0v) is 12.5. The molecule has 19 heavy (non-hydrogen) atoms. The molecule has 0 aliphatic carbocycles. The molecule has 0 bridgehead atoms. The smallest absolute Gasteiger partial charge is 0.226 e. The summed E-state index contributed by atoms with van der Waals surface area (Å²) in [4.78, 5) is 8.74. The third-order valence-corrected chi connectivity index (χ3v) is 4.29. The van der Waals surface area contributed by atoms with Crippen LogP contribution < -0.4 is 10.1 Å². The maximum atomic E-state index is 11.3. The van der Waals surface area contributed by atoms with Crippen molar-refractivity contribution in [2.75, 3.05) is 16.8 Å². The monoisotopic (exact) mass is 283 g/mol. The van der Waals surface area contributed by atoms with Gasteiger partial charge < -0.3 is 10.1 Å². The molecule has 0 radical (unpaired) electrons. The van der Waals surface area contributed by atoms with Crippen molar-refractivity contribution in [3.05, 3.63) is 11.8 Å². The van der Waals surface area contributed by atoms with Crippen molar-refractivity contribution in [3.8, 4) is 5.88 Å². The normalized spacial score (nSPS) is 23.4. The summed E-state index contributed by atoms with van der Waals surface area (Å²) in [5.74, 6) is 2.73. The first-order chi connectivity index (χ1) is 9.02. The first kappa shape index (κ1) is 14.2. The highest BCUT2D eigenvalue weighted by Gasteiger charge is 2.18. The van der Waals surface area contributed by atoms with Gasteiger partial charge in [-0.3, -0.25) is 4.21 Å². The number of rotatable bonds is 4. The molecule has 6 heteroatoms. The van der Waals surface area contributed by atoms with Gasteiger partial charge in [0.2, 0.25) is 11.8 Å². The van der Waals surface area contributed by atoms with Crippen molar-refractivity contribution < 1.29 is 8.95 Å². The molecule has 0 atom stereocenters. The number of anilines is 1. The Bertz CT molecular complexity index is 455. The predicted molar refractivity (Wildman–Crippen MR) is 77.1 cm³/mol. The van der Waals surface area contributed by atoms with Crippen molar-refractivity contribution in [1.29, 1.82) is 0 Å². The minimum absolute atomic E-state index is 0.0965. The van der Waals surface area contributed by atoms with Gasteiger partial charge in [0.15, 0.2) is 0 Å². The van der Waals surface area contributed by atoms with Gasteiger partial charge in [0.1, 0.15) is 0 Å². The van der Waals surface area contributed by atoms with Crippen molar-refractivity contribution in [3.63, 3.8) is 0 Å². The second-order valence-corrected chi connectivity index (χ2v) is 6.80. The molecule has 0 unspecified atom stereocenters. The van der Waals surface area contributed by atoms with Crippen LogP contribution in [0.4, 0.5) is 5.95 Å². The number of nitrogens with one attached hydrogen (secondary N) is 1. The molecular weight excluding hydrogens is 262 g/mol. The Balaban J connectivity index is 2.03. The van der Waals surface area contributed by atoms with Gasteiger partial charge in [-0.25, -0.2) is 4.98 Å². The first-order valence-electron chi connectivity index (χ1n) is 6.67. The summed E-state index contributed by atoms with van der Waals surface area (Å²) in [7, 11) is -0.641. The highest BCUT2D eigenvalue weighted by molar-refractivity contribution is 7.85. The Labute approximate surface area is 116 Å². The molecule has 1 aliphatic heterocycles. The maximum Gasteiger partial charge on any atom is 0.226 e. The average Bonchev–Trinajstić information content (AvgIpc) is 2.30. The van der Waals surface area contributed by atoms with E-state index in [0.717, 1.165) is 30.0 Å². The highest BCUT2D eigenvalue weighted by Crippen LogP contribution is 2.17. The van der Waals surface area contributed by atoms with E-state index >= 15 is 0 Å². The molecular formula is C13H21N3O2S. The summed E-state index contributed by atoms with van der Waals surface area (Å²) in [5, 5.41) is 3.32. The highest BCUT2D eigenvalue weighted by atomic mass is 32.2. The van der Waals surface area contributed by atoms with Gasteiger partial charge in [-0.15, -0.1) is 0 Å². The van der Waals surface area contributed by atoms with Crippen LogP contribution in [0.2, 0.25) is 0 Å². The lowest BCUT2D eigenvalue weighted by atomic mass is 10.2. The molecule has 2 heterocycles. The Kier molecular flexibility index (Phi) is 4.74. The zero-order chi connectivity index (χ0) is 13.8. The van der Waals surface area contributed by atoms with E-state index in [4.69, 9.17) is 4.74 Å². The molecule has 106 valence electrons. The lowest BCUT2D eigenvalue weighted by molar-refractivity contribution is 0.232. The Morgan fingerprint density at radius 1 is 1.37 bits per heavy atom. The second-order valence-electron chi connectivity index (χ2n) is 5.10. The van der Waals surface area contributed by atoms with Crippen molar-refractivity contribution in [2.24, 2.45) is 0 Å². The van der Waals surface area contributed by atoms with E-state index in [1.807, 2.05) is 26.8 Å². The molecule has 0 saturated carbocycles. The van der Waals surface area contributed by atoms with Crippen LogP contribution >= 0.6 is 0 Å². The summed E-state index contributed by atoms with van der Waals surface area (Å²) < 4.78 is 16.9.